The first-order valence-electron chi connectivity index (χ1n) is 9.21. The fourth-order valence-corrected chi connectivity index (χ4v) is 2.01. The van der Waals surface area contributed by atoms with Crippen molar-refractivity contribution in [1.82, 2.24) is 14.7 Å². The van der Waals surface area contributed by atoms with E-state index in [1.54, 1.807) is 0 Å². The summed E-state index contributed by atoms with van der Waals surface area (Å²) < 4.78 is 0. The number of rotatable bonds is 9. The van der Waals surface area contributed by atoms with Gasteiger partial charge in [0.2, 0.25) is 0 Å². The van der Waals surface area contributed by atoms with Gasteiger partial charge in [0, 0.05) is 0 Å². The maximum Gasteiger partial charge on any atom is -0.00474 e. The smallest absolute Gasteiger partial charge is 0.00474 e. The lowest BCUT2D eigenvalue weighted by atomic mass is 10.5. The van der Waals surface area contributed by atoms with Crippen LogP contribution in [0.5, 0.6) is 0 Å². The van der Waals surface area contributed by atoms with Crippen LogP contribution < -0.4 is 14.1 Å². The fraction of sp³-hybridized carbons (Fsp3) is 1.00. The highest BCUT2D eigenvalue weighted by molar-refractivity contribution is 4.45. The number of halogens is 3. The van der Waals surface area contributed by atoms with Crippen molar-refractivity contribution < 1.29 is 14.1 Å². The van der Waals surface area contributed by atoms with Gasteiger partial charge < -0.3 is 28.8 Å². The van der Waals surface area contributed by atoms with Crippen LogP contribution in [0.25, 0.3) is 0 Å². The van der Waals surface area contributed by atoms with Crippen molar-refractivity contribution in [2.75, 3.05) is 58.9 Å². The molecule has 0 aliphatic rings. The molecule has 3 nitrogen and oxygen atoms in total. The molecule has 0 radical (unpaired) electrons. The summed E-state index contributed by atoms with van der Waals surface area (Å²) in [4.78, 5) is 7.12. The summed E-state index contributed by atoms with van der Waals surface area (Å²) in [5.74, 6) is 0. The van der Waals surface area contributed by atoms with Gasteiger partial charge in [-0.1, -0.05) is 62.3 Å². The summed E-state index contributed by atoms with van der Waals surface area (Å²) in [5.41, 5.74) is 0. The van der Waals surface area contributed by atoms with E-state index in [-0.39, 0.29) is 14.1 Å². The summed E-state index contributed by atoms with van der Waals surface area (Å²) in [5, 5.41) is 0. The Bertz CT molecular complexity index is 119. The van der Waals surface area contributed by atoms with E-state index in [0.29, 0.717) is 0 Å². The van der Waals surface area contributed by atoms with E-state index in [4.69, 9.17) is 0 Å². The van der Waals surface area contributed by atoms with Crippen LogP contribution in [0.15, 0.2) is 0 Å². The Kier molecular flexibility index (Phi) is 55.3. The van der Waals surface area contributed by atoms with Crippen LogP contribution in [0.1, 0.15) is 62.3 Å². The molecule has 6 heteroatoms. The topological polar surface area (TPSA) is 9.72 Å². The monoisotopic (exact) mass is 360 g/mol. The zero-order chi connectivity index (χ0) is 17.1. The summed E-state index contributed by atoms with van der Waals surface area (Å²) >= 11 is 0. The highest BCUT2D eigenvalue weighted by Crippen LogP contribution is 1.82. The molecule has 0 saturated heterocycles. The van der Waals surface area contributed by atoms with E-state index in [2.05, 4.69) is 77.0 Å². The molecule has 0 bridgehead atoms. The second-order valence-corrected chi connectivity index (χ2v) is 4.86. The van der Waals surface area contributed by atoms with Crippen molar-refractivity contribution in [2.45, 2.75) is 62.3 Å². The molecule has 0 spiro atoms. The first-order chi connectivity index (χ1) is 10.0. The largest absolute Gasteiger partial charge is 1.00 e. The molecular weight excluding hydrogens is 315 g/mol. The van der Waals surface area contributed by atoms with Crippen LogP contribution in [0.4, 0.5) is 0 Å². The van der Waals surface area contributed by atoms with Crippen molar-refractivity contribution in [3.63, 3.8) is 0 Å². The molecule has 0 unspecified atom stereocenters. The van der Waals surface area contributed by atoms with E-state index >= 15 is 0 Å². The zero-order valence-corrected chi connectivity index (χ0v) is 17.8. The Hall–Kier alpha value is -0.330. The Morgan fingerprint density at radius 3 is 0.375 bits per heavy atom. The minimum Gasteiger partial charge on any atom is -1.00 e. The third-order valence-electron chi connectivity index (χ3n) is 4.02. The lowest BCUT2D eigenvalue weighted by molar-refractivity contribution is -0.001000. The average molecular weight is 361 g/mol. The molecule has 0 aromatic heterocycles. The van der Waals surface area contributed by atoms with Gasteiger partial charge in [-0.2, -0.15) is 0 Å². The molecule has 0 aliphatic heterocycles. The Labute approximate surface area is 150 Å². The van der Waals surface area contributed by atoms with Gasteiger partial charge in [0.25, 0.3) is 0 Å². The van der Waals surface area contributed by atoms with Crippen molar-refractivity contribution in [3.8, 4) is 0 Å². The van der Waals surface area contributed by atoms with E-state index in [9.17, 15) is 0 Å². The lowest BCUT2D eigenvalue weighted by Crippen LogP contribution is -3.00. The third kappa shape index (κ3) is 29.7. The molecule has 24 heavy (non-hydrogen) atoms. The standard InChI is InChI=1S/3C6H15N.3FH/c3*1-4-7(5-2)6-3;;;/h3*4-6H2,1-3H3;3*1H/p-3. The Morgan fingerprint density at radius 2 is 0.375 bits per heavy atom. The SMILES string of the molecule is CCN(CC)CC.CCN(CC)CC.CCN(CC)CC.[F-].[F-].[F-]. The molecule has 0 amide bonds. The van der Waals surface area contributed by atoms with Gasteiger partial charge in [-0.25, -0.2) is 0 Å². The van der Waals surface area contributed by atoms with Crippen LogP contribution in [0.2, 0.25) is 0 Å². The van der Waals surface area contributed by atoms with Crippen molar-refractivity contribution in [3.05, 3.63) is 0 Å². The molecule has 0 atom stereocenters. The number of nitrogens with zero attached hydrogens (tertiary/aromatic N) is 3. The molecule has 0 aromatic rings. The molecule has 0 heterocycles. The maximum absolute atomic E-state index is 2.38. The first-order valence-corrected chi connectivity index (χ1v) is 9.21. The third-order valence-corrected chi connectivity index (χ3v) is 4.02. The van der Waals surface area contributed by atoms with Gasteiger partial charge in [0.05, 0.1) is 0 Å². The van der Waals surface area contributed by atoms with Gasteiger partial charge >= 0.3 is 0 Å². The zero-order valence-electron chi connectivity index (χ0n) is 17.8. The summed E-state index contributed by atoms with van der Waals surface area (Å²) in [7, 11) is 0. The van der Waals surface area contributed by atoms with Gasteiger partial charge in [-0.15, -0.1) is 0 Å². The average Bonchev–Trinajstić information content (AvgIpc) is 2.54. The van der Waals surface area contributed by atoms with Gasteiger partial charge in [0.1, 0.15) is 0 Å². The molecule has 0 N–H and O–H groups in total. The van der Waals surface area contributed by atoms with Gasteiger partial charge in [-0.3, -0.25) is 0 Å². The minimum absolute atomic E-state index is 0. The molecule has 0 saturated carbocycles. The first kappa shape index (κ1) is 39.0. The van der Waals surface area contributed by atoms with Crippen molar-refractivity contribution in [2.24, 2.45) is 0 Å². The highest BCUT2D eigenvalue weighted by atomic mass is 19.0. The summed E-state index contributed by atoms with van der Waals surface area (Å²) in [6, 6.07) is 0. The van der Waals surface area contributed by atoms with E-state index in [1.165, 1.54) is 58.9 Å². The van der Waals surface area contributed by atoms with Crippen LogP contribution in [0.3, 0.4) is 0 Å². The summed E-state index contributed by atoms with van der Waals surface area (Å²) in [6.07, 6.45) is 0. The molecular formula is C18H45F3N3-3. The Morgan fingerprint density at radius 1 is 0.292 bits per heavy atom. The maximum atomic E-state index is 2.38. The van der Waals surface area contributed by atoms with Crippen molar-refractivity contribution >= 4 is 0 Å². The quantitative estimate of drug-likeness (QED) is 0.408. The van der Waals surface area contributed by atoms with Crippen LogP contribution >= 0.6 is 0 Å². The van der Waals surface area contributed by atoms with E-state index < -0.39 is 0 Å². The van der Waals surface area contributed by atoms with E-state index in [0.717, 1.165) is 0 Å². The highest BCUT2D eigenvalue weighted by Gasteiger charge is 1.90. The minimum atomic E-state index is 0. The van der Waals surface area contributed by atoms with Crippen LogP contribution in [-0.2, 0) is 0 Å². The summed E-state index contributed by atoms with van der Waals surface area (Å²) in [6.45, 7) is 30.4. The second-order valence-electron chi connectivity index (χ2n) is 4.86. The van der Waals surface area contributed by atoms with Crippen LogP contribution in [0, 0.1) is 0 Å². The van der Waals surface area contributed by atoms with Crippen molar-refractivity contribution in [1.29, 1.82) is 0 Å². The second kappa shape index (κ2) is 34.1. The molecule has 156 valence electrons. The fourth-order valence-electron chi connectivity index (χ4n) is 2.01. The van der Waals surface area contributed by atoms with E-state index in [1.807, 2.05) is 0 Å². The predicted molar refractivity (Wildman–Crippen MR) is 100 cm³/mol. The van der Waals surface area contributed by atoms with Crippen LogP contribution in [-0.4, -0.2) is 73.6 Å². The normalized spacial score (nSPS) is 9.00. The predicted octanol–water partition coefficient (Wildman–Crippen LogP) is -4.94. The number of hydrogen-bond donors (Lipinski definition) is 0. The molecule has 0 rings (SSSR count). The lowest BCUT2D eigenvalue weighted by Gasteiger charge is -2.13. The van der Waals surface area contributed by atoms with Gasteiger partial charge in [-0.05, 0) is 58.9 Å². The molecule has 0 fully saturated rings. The molecule has 0 aromatic carbocycles. The molecule has 0 aliphatic carbocycles. The Balaban J connectivity index is -0.0000000476. The number of hydrogen-bond acceptors (Lipinski definition) is 3. The van der Waals surface area contributed by atoms with Gasteiger partial charge in [0.15, 0.2) is 0 Å².